The fourth-order valence-corrected chi connectivity index (χ4v) is 2.76. The zero-order chi connectivity index (χ0) is 15.0. The van der Waals surface area contributed by atoms with Gasteiger partial charge < -0.3 is 9.67 Å². The third kappa shape index (κ3) is 2.40. The van der Waals surface area contributed by atoms with E-state index in [1.54, 1.807) is 15.3 Å². The largest absolute Gasteiger partial charge is 0.493 e. The second kappa shape index (κ2) is 5.44. The number of hydrogen-bond donors (Lipinski definition) is 1. The molecule has 0 atom stereocenters. The predicted molar refractivity (Wildman–Crippen MR) is 85.4 cm³/mol. The smallest absolute Gasteiger partial charge is 0.214 e. The van der Waals surface area contributed by atoms with Gasteiger partial charge in [0.25, 0.3) is 0 Å². The molecule has 0 radical (unpaired) electrons. The summed E-state index contributed by atoms with van der Waals surface area (Å²) in [6.45, 7) is 8.64. The molecule has 0 aliphatic heterocycles. The Balaban J connectivity index is 2.87. The lowest BCUT2D eigenvalue weighted by Crippen LogP contribution is -2.07. The van der Waals surface area contributed by atoms with Crippen molar-refractivity contribution in [1.82, 2.24) is 9.13 Å². The first-order valence-electron chi connectivity index (χ1n) is 6.95. The van der Waals surface area contributed by atoms with Crippen LogP contribution in [0.15, 0.2) is 24.4 Å². The lowest BCUT2D eigenvalue weighted by molar-refractivity contribution is 0.440. The highest BCUT2D eigenvalue weighted by atomic mass is 32.1. The number of aromatic nitrogens is 2. The summed E-state index contributed by atoms with van der Waals surface area (Å²) in [5, 5.41) is 10.3. The fraction of sp³-hybridized carbons (Fsp3) is 0.438. The van der Waals surface area contributed by atoms with Crippen LogP contribution in [0, 0.1) is 4.77 Å². The first-order chi connectivity index (χ1) is 9.34. The Kier molecular flexibility index (Phi) is 4.04. The molecule has 4 heteroatoms. The van der Waals surface area contributed by atoms with E-state index < -0.39 is 0 Å². The van der Waals surface area contributed by atoms with E-state index in [-0.39, 0.29) is 5.88 Å². The Morgan fingerprint density at radius 1 is 1.05 bits per heavy atom. The van der Waals surface area contributed by atoms with Crippen molar-refractivity contribution >= 4 is 12.2 Å². The second-order valence-electron chi connectivity index (χ2n) is 5.81. The minimum atomic E-state index is 0.188. The highest BCUT2D eigenvalue weighted by Crippen LogP contribution is 2.33. The van der Waals surface area contributed by atoms with Crippen molar-refractivity contribution in [3.05, 3.63) is 40.3 Å². The number of rotatable bonds is 3. The van der Waals surface area contributed by atoms with Gasteiger partial charge in [-0.25, -0.2) is 0 Å². The molecular weight excluding hydrogens is 268 g/mol. The van der Waals surface area contributed by atoms with Crippen LogP contribution in [0.3, 0.4) is 0 Å². The van der Waals surface area contributed by atoms with E-state index >= 15 is 0 Å². The number of hydrogen-bond acceptors (Lipinski definition) is 2. The molecule has 1 aromatic heterocycles. The molecule has 0 aliphatic carbocycles. The lowest BCUT2D eigenvalue weighted by atomic mass is 9.92. The molecule has 108 valence electrons. The van der Waals surface area contributed by atoms with Crippen molar-refractivity contribution in [2.24, 2.45) is 7.05 Å². The molecule has 0 aliphatic rings. The number of para-hydroxylation sites is 1. The van der Waals surface area contributed by atoms with Crippen molar-refractivity contribution in [2.45, 2.75) is 39.5 Å². The molecule has 1 aromatic carbocycles. The highest BCUT2D eigenvalue weighted by molar-refractivity contribution is 7.71. The quantitative estimate of drug-likeness (QED) is 0.844. The van der Waals surface area contributed by atoms with E-state index in [0.29, 0.717) is 16.6 Å². The Morgan fingerprint density at radius 3 is 1.90 bits per heavy atom. The minimum Gasteiger partial charge on any atom is -0.493 e. The summed E-state index contributed by atoms with van der Waals surface area (Å²) >= 11 is 5.45. The SMILES string of the molecule is CC(C)c1cccc(C(C)C)c1-n1c(O)cn(C)c1=S. The van der Waals surface area contributed by atoms with Crippen LogP contribution < -0.4 is 0 Å². The minimum absolute atomic E-state index is 0.188. The van der Waals surface area contributed by atoms with Crippen LogP contribution in [-0.2, 0) is 7.05 Å². The van der Waals surface area contributed by atoms with Gasteiger partial charge in [0.1, 0.15) is 0 Å². The van der Waals surface area contributed by atoms with Gasteiger partial charge in [-0.05, 0) is 35.2 Å². The van der Waals surface area contributed by atoms with E-state index in [1.165, 1.54) is 11.1 Å². The Labute approximate surface area is 125 Å². The standard InChI is InChI=1S/C16H22N2OS/c1-10(2)12-7-6-8-13(11(3)4)15(12)18-14(19)9-17(5)16(18)20/h6-11,19H,1-5H3. The van der Waals surface area contributed by atoms with Gasteiger partial charge in [0.15, 0.2) is 4.77 Å². The third-order valence-electron chi connectivity index (χ3n) is 3.60. The van der Waals surface area contributed by atoms with Crippen LogP contribution >= 0.6 is 12.2 Å². The zero-order valence-electron chi connectivity index (χ0n) is 12.7. The van der Waals surface area contributed by atoms with Crippen LogP contribution in [0.4, 0.5) is 0 Å². The first kappa shape index (κ1) is 14.9. The molecule has 0 fully saturated rings. The maximum atomic E-state index is 10.3. The molecule has 0 bridgehead atoms. The van der Waals surface area contributed by atoms with Gasteiger partial charge in [-0.3, -0.25) is 4.57 Å². The van der Waals surface area contributed by atoms with Crippen molar-refractivity contribution in [1.29, 1.82) is 0 Å². The van der Waals surface area contributed by atoms with E-state index in [4.69, 9.17) is 12.2 Å². The van der Waals surface area contributed by atoms with E-state index in [0.717, 1.165) is 5.69 Å². The average Bonchev–Trinajstić information content (AvgIpc) is 2.62. The predicted octanol–water partition coefficient (Wildman–Crippen LogP) is 4.50. The van der Waals surface area contributed by atoms with Gasteiger partial charge in [0, 0.05) is 7.05 Å². The molecule has 0 unspecified atom stereocenters. The molecule has 0 amide bonds. The number of imidazole rings is 1. The van der Waals surface area contributed by atoms with E-state index in [9.17, 15) is 5.11 Å². The molecular formula is C16H22N2OS. The van der Waals surface area contributed by atoms with Crippen molar-refractivity contribution in [2.75, 3.05) is 0 Å². The first-order valence-corrected chi connectivity index (χ1v) is 7.36. The fourth-order valence-electron chi connectivity index (χ4n) is 2.52. The summed E-state index contributed by atoms with van der Waals surface area (Å²) < 4.78 is 4.16. The van der Waals surface area contributed by atoms with Crippen LogP contribution in [-0.4, -0.2) is 14.2 Å². The van der Waals surface area contributed by atoms with E-state index in [2.05, 4.69) is 45.9 Å². The summed E-state index contributed by atoms with van der Waals surface area (Å²) in [5.41, 5.74) is 3.43. The van der Waals surface area contributed by atoms with Crippen LogP contribution in [0.1, 0.15) is 50.7 Å². The maximum absolute atomic E-state index is 10.3. The molecule has 2 rings (SSSR count). The van der Waals surface area contributed by atoms with E-state index in [1.807, 2.05) is 7.05 Å². The van der Waals surface area contributed by atoms with Gasteiger partial charge in [-0.1, -0.05) is 45.9 Å². The van der Waals surface area contributed by atoms with Crippen LogP contribution in [0.25, 0.3) is 5.69 Å². The number of aryl methyl sites for hydroxylation is 1. The summed E-state index contributed by atoms with van der Waals surface area (Å²) in [6, 6.07) is 6.30. The van der Waals surface area contributed by atoms with Gasteiger partial charge in [0.05, 0.1) is 11.9 Å². The molecule has 20 heavy (non-hydrogen) atoms. The van der Waals surface area contributed by atoms with Gasteiger partial charge in [0.2, 0.25) is 5.88 Å². The lowest BCUT2D eigenvalue weighted by Gasteiger charge is -2.20. The summed E-state index contributed by atoms with van der Waals surface area (Å²) in [6.07, 6.45) is 1.66. The molecule has 0 saturated carbocycles. The number of aromatic hydroxyl groups is 1. The van der Waals surface area contributed by atoms with Gasteiger partial charge >= 0.3 is 0 Å². The topological polar surface area (TPSA) is 30.1 Å². The van der Waals surface area contributed by atoms with Crippen molar-refractivity contribution in [3.63, 3.8) is 0 Å². The normalized spacial score (nSPS) is 11.6. The second-order valence-corrected chi connectivity index (χ2v) is 6.18. The molecule has 2 aromatic rings. The monoisotopic (exact) mass is 290 g/mol. The van der Waals surface area contributed by atoms with Gasteiger partial charge in [-0.15, -0.1) is 0 Å². The summed E-state index contributed by atoms with van der Waals surface area (Å²) in [7, 11) is 1.85. The van der Waals surface area contributed by atoms with Gasteiger partial charge in [-0.2, -0.15) is 0 Å². The molecule has 0 saturated heterocycles. The van der Waals surface area contributed by atoms with Crippen molar-refractivity contribution in [3.8, 4) is 11.6 Å². The van der Waals surface area contributed by atoms with Crippen LogP contribution in [0.2, 0.25) is 0 Å². The number of benzene rings is 1. The third-order valence-corrected chi connectivity index (χ3v) is 4.07. The summed E-state index contributed by atoms with van der Waals surface area (Å²) in [5.74, 6) is 0.919. The highest BCUT2D eigenvalue weighted by Gasteiger charge is 2.18. The Hall–Kier alpha value is -1.55. The van der Waals surface area contributed by atoms with Crippen LogP contribution in [0.5, 0.6) is 5.88 Å². The molecule has 1 N–H and O–H groups in total. The Bertz CT molecular complexity index is 654. The maximum Gasteiger partial charge on any atom is 0.214 e. The number of nitrogens with zero attached hydrogens (tertiary/aromatic N) is 2. The molecule has 1 heterocycles. The zero-order valence-corrected chi connectivity index (χ0v) is 13.5. The molecule has 3 nitrogen and oxygen atoms in total. The van der Waals surface area contributed by atoms with Crippen molar-refractivity contribution < 1.29 is 5.11 Å². The Morgan fingerprint density at radius 2 is 1.55 bits per heavy atom. The average molecular weight is 290 g/mol. The summed E-state index contributed by atoms with van der Waals surface area (Å²) in [4.78, 5) is 0. The molecule has 0 spiro atoms.